The summed E-state index contributed by atoms with van der Waals surface area (Å²) in [7, 11) is 0. The lowest BCUT2D eigenvalue weighted by atomic mass is 9.86. The van der Waals surface area contributed by atoms with E-state index >= 15 is 0 Å². The van der Waals surface area contributed by atoms with E-state index < -0.39 is 0 Å². The molecule has 0 unspecified atom stereocenters. The van der Waals surface area contributed by atoms with Crippen molar-refractivity contribution in [2.45, 2.75) is 143 Å². The highest BCUT2D eigenvalue weighted by Crippen LogP contribution is 2.25. The Balaban J connectivity index is 3.05. The van der Waals surface area contributed by atoms with Crippen LogP contribution in [-0.2, 0) is 0 Å². The zero-order chi connectivity index (χ0) is 25.2. The van der Waals surface area contributed by atoms with Gasteiger partial charge in [-0.25, -0.2) is 0 Å². The van der Waals surface area contributed by atoms with Gasteiger partial charge in [-0.1, -0.05) is 97.8 Å². The molecule has 0 aromatic heterocycles. The molecule has 0 saturated carbocycles. The van der Waals surface area contributed by atoms with Crippen LogP contribution in [0.25, 0.3) is 0 Å². The number of hydrogen-bond acceptors (Lipinski definition) is 3. The molecule has 0 aliphatic carbocycles. The first-order valence-electron chi connectivity index (χ1n) is 14.2. The van der Waals surface area contributed by atoms with E-state index in [1.165, 1.54) is 38.5 Å². The molecule has 34 heavy (non-hydrogen) atoms. The summed E-state index contributed by atoms with van der Waals surface area (Å²) in [6, 6.07) is 3.69. The lowest BCUT2D eigenvalue weighted by Crippen LogP contribution is -2.16. The summed E-state index contributed by atoms with van der Waals surface area (Å²) in [4.78, 5) is 39.8. The van der Waals surface area contributed by atoms with E-state index in [1.807, 2.05) is 19.1 Å². The van der Waals surface area contributed by atoms with Gasteiger partial charge in [-0.05, 0) is 43.9 Å². The van der Waals surface area contributed by atoms with Crippen LogP contribution in [0.1, 0.15) is 173 Å². The molecular weight excluding hydrogens is 420 g/mol. The number of rotatable bonds is 21. The van der Waals surface area contributed by atoms with Gasteiger partial charge in [0.05, 0.1) is 0 Å². The molecular formula is C31H50O3. The van der Waals surface area contributed by atoms with Crippen molar-refractivity contribution in [1.29, 1.82) is 0 Å². The van der Waals surface area contributed by atoms with E-state index in [0.717, 1.165) is 63.4 Å². The monoisotopic (exact) mass is 470 g/mol. The number of benzene rings is 1. The average Bonchev–Trinajstić information content (AvgIpc) is 2.82. The molecule has 1 rings (SSSR count). The van der Waals surface area contributed by atoms with Crippen LogP contribution in [0.2, 0.25) is 0 Å². The van der Waals surface area contributed by atoms with Crippen molar-refractivity contribution in [3.8, 4) is 0 Å². The Morgan fingerprint density at radius 1 is 0.500 bits per heavy atom. The van der Waals surface area contributed by atoms with Crippen molar-refractivity contribution >= 4 is 17.3 Å². The first-order chi connectivity index (χ1) is 16.5. The summed E-state index contributed by atoms with van der Waals surface area (Å²) in [6.07, 6.45) is 17.4. The first-order valence-corrected chi connectivity index (χ1v) is 14.2. The summed E-state index contributed by atoms with van der Waals surface area (Å²) < 4.78 is 0. The Kier molecular flexibility index (Phi) is 16.5. The molecule has 0 aliphatic heterocycles. The van der Waals surface area contributed by atoms with Crippen LogP contribution >= 0.6 is 0 Å². The van der Waals surface area contributed by atoms with E-state index in [0.29, 0.717) is 36.0 Å². The number of carbonyl (C=O) groups is 3. The highest BCUT2D eigenvalue weighted by molar-refractivity contribution is 6.15. The number of unbranched alkanes of at least 4 members (excludes halogenated alkanes) is 12. The van der Waals surface area contributed by atoms with E-state index in [9.17, 15) is 14.4 Å². The van der Waals surface area contributed by atoms with E-state index in [-0.39, 0.29) is 17.3 Å². The zero-order valence-corrected chi connectivity index (χ0v) is 22.6. The van der Waals surface area contributed by atoms with Crippen LogP contribution < -0.4 is 0 Å². The number of carbonyl (C=O) groups excluding carboxylic acids is 3. The molecule has 0 spiro atoms. The van der Waals surface area contributed by atoms with E-state index in [4.69, 9.17) is 0 Å². The molecule has 0 saturated heterocycles. The molecule has 0 amide bonds. The van der Waals surface area contributed by atoms with Gasteiger partial charge in [0, 0.05) is 36.0 Å². The third kappa shape index (κ3) is 11.6. The third-order valence-electron chi connectivity index (χ3n) is 6.68. The maximum Gasteiger partial charge on any atom is 0.164 e. The fraction of sp³-hybridized carbons (Fsp3) is 0.710. The highest BCUT2D eigenvalue weighted by Gasteiger charge is 2.24. The summed E-state index contributed by atoms with van der Waals surface area (Å²) >= 11 is 0. The van der Waals surface area contributed by atoms with E-state index in [2.05, 4.69) is 20.8 Å². The Hall–Kier alpha value is -1.77. The molecule has 0 heterocycles. The summed E-state index contributed by atoms with van der Waals surface area (Å²) in [5, 5.41) is 0. The predicted octanol–water partition coefficient (Wildman–Crippen LogP) is 9.62. The number of hydrogen-bond donors (Lipinski definition) is 0. The minimum absolute atomic E-state index is 0.0199. The molecule has 0 fully saturated rings. The Morgan fingerprint density at radius 3 is 1.18 bits per heavy atom. The molecule has 3 heteroatoms. The molecule has 1 aromatic rings. The zero-order valence-electron chi connectivity index (χ0n) is 22.6. The maximum atomic E-state index is 13.4. The number of ketones is 3. The van der Waals surface area contributed by atoms with Crippen molar-refractivity contribution < 1.29 is 14.4 Å². The second kappa shape index (κ2) is 18.5. The van der Waals surface area contributed by atoms with Gasteiger partial charge in [0.25, 0.3) is 0 Å². The molecule has 3 nitrogen and oxygen atoms in total. The third-order valence-corrected chi connectivity index (χ3v) is 6.68. The van der Waals surface area contributed by atoms with Gasteiger partial charge in [-0.15, -0.1) is 0 Å². The highest BCUT2D eigenvalue weighted by atomic mass is 16.1. The molecule has 0 bridgehead atoms. The summed E-state index contributed by atoms with van der Waals surface area (Å²) in [6.45, 7) is 8.47. The van der Waals surface area contributed by atoms with Gasteiger partial charge in [-0.3, -0.25) is 14.4 Å². The van der Waals surface area contributed by atoms with Crippen LogP contribution in [0, 0.1) is 6.92 Å². The number of Topliss-reactive ketones (excluding diaryl/α,β-unsaturated/α-hetero) is 3. The molecule has 1 aromatic carbocycles. The van der Waals surface area contributed by atoms with Gasteiger partial charge >= 0.3 is 0 Å². The topological polar surface area (TPSA) is 51.2 Å². The minimum atomic E-state index is -0.0276. The second-order valence-corrected chi connectivity index (χ2v) is 10.00. The maximum absolute atomic E-state index is 13.4. The van der Waals surface area contributed by atoms with Crippen LogP contribution in [0.4, 0.5) is 0 Å². The normalized spacial score (nSPS) is 11.1. The number of aryl methyl sites for hydroxylation is 1. The van der Waals surface area contributed by atoms with Gasteiger partial charge < -0.3 is 0 Å². The molecule has 0 aliphatic rings. The smallest absolute Gasteiger partial charge is 0.164 e. The lowest BCUT2D eigenvalue weighted by Gasteiger charge is -2.15. The molecule has 192 valence electrons. The summed E-state index contributed by atoms with van der Waals surface area (Å²) in [5.41, 5.74) is 2.29. The molecule has 0 radical (unpaired) electrons. The van der Waals surface area contributed by atoms with Crippen molar-refractivity contribution in [2.24, 2.45) is 0 Å². The van der Waals surface area contributed by atoms with Gasteiger partial charge in [0.2, 0.25) is 0 Å². The molecule has 0 atom stereocenters. The lowest BCUT2D eigenvalue weighted by molar-refractivity contribution is 0.0932. The van der Waals surface area contributed by atoms with Crippen LogP contribution in [0.5, 0.6) is 0 Å². The van der Waals surface area contributed by atoms with Crippen LogP contribution in [0.15, 0.2) is 12.1 Å². The fourth-order valence-electron chi connectivity index (χ4n) is 4.59. The van der Waals surface area contributed by atoms with Crippen molar-refractivity contribution in [2.75, 3.05) is 0 Å². The quantitative estimate of drug-likeness (QED) is 0.133. The summed E-state index contributed by atoms with van der Waals surface area (Å²) in [5.74, 6) is 0.0122. The molecule has 0 N–H and O–H groups in total. The second-order valence-electron chi connectivity index (χ2n) is 10.00. The van der Waals surface area contributed by atoms with Crippen LogP contribution in [0.3, 0.4) is 0 Å². The SMILES string of the molecule is CCCCCCCC(=O)c1cc(C)cc(C(=O)CCCCCCC)c1C(=O)CCCCCCC. The fourth-order valence-corrected chi connectivity index (χ4v) is 4.59. The standard InChI is InChI=1S/C31H50O3/c1-5-8-11-14-17-20-28(32)26-23-25(4)24-27(29(33)21-18-15-12-9-6-2)31(26)30(34)22-19-16-13-10-7-3/h23-24H,5-22H2,1-4H3. The largest absolute Gasteiger partial charge is 0.294 e. The van der Waals surface area contributed by atoms with E-state index in [1.54, 1.807) is 0 Å². The van der Waals surface area contributed by atoms with Crippen LogP contribution in [-0.4, -0.2) is 17.3 Å². The van der Waals surface area contributed by atoms with Gasteiger partial charge in [0.15, 0.2) is 17.3 Å². The van der Waals surface area contributed by atoms with Gasteiger partial charge in [-0.2, -0.15) is 0 Å². The Bertz CT molecular complexity index is 700. The Morgan fingerprint density at radius 2 is 0.824 bits per heavy atom. The van der Waals surface area contributed by atoms with Crippen molar-refractivity contribution in [1.82, 2.24) is 0 Å². The van der Waals surface area contributed by atoms with Crippen molar-refractivity contribution in [3.63, 3.8) is 0 Å². The Labute approximate surface area is 209 Å². The average molecular weight is 471 g/mol. The van der Waals surface area contributed by atoms with Gasteiger partial charge in [0.1, 0.15) is 0 Å². The van der Waals surface area contributed by atoms with Crippen molar-refractivity contribution in [3.05, 3.63) is 34.4 Å². The first kappa shape index (κ1) is 30.3. The minimum Gasteiger partial charge on any atom is -0.294 e. The predicted molar refractivity (Wildman–Crippen MR) is 144 cm³/mol.